The van der Waals surface area contributed by atoms with E-state index in [4.69, 9.17) is 9.84 Å². The topological polar surface area (TPSA) is 75.6 Å². The summed E-state index contributed by atoms with van der Waals surface area (Å²) in [7, 11) is 0. The molecule has 0 bridgehead atoms. The second kappa shape index (κ2) is 6.33. The van der Waals surface area contributed by atoms with Gasteiger partial charge >= 0.3 is 5.97 Å². The third-order valence-corrected chi connectivity index (χ3v) is 3.19. The van der Waals surface area contributed by atoms with Crippen molar-refractivity contribution in [3.63, 3.8) is 0 Å². The van der Waals surface area contributed by atoms with Gasteiger partial charge in [-0.1, -0.05) is 18.2 Å². The summed E-state index contributed by atoms with van der Waals surface area (Å²) in [5.74, 6) is -1.14. The van der Waals surface area contributed by atoms with Crippen LogP contribution in [0.25, 0.3) is 0 Å². The van der Waals surface area contributed by atoms with Gasteiger partial charge in [0.25, 0.3) is 0 Å². The van der Waals surface area contributed by atoms with Crippen molar-refractivity contribution >= 4 is 11.9 Å². The molecular formula is C14H17NO4. The van der Waals surface area contributed by atoms with Crippen molar-refractivity contribution in [3.05, 3.63) is 35.4 Å². The lowest BCUT2D eigenvalue weighted by Gasteiger charge is -2.23. The van der Waals surface area contributed by atoms with Crippen molar-refractivity contribution < 1.29 is 19.4 Å². The largest absolute Gasteiger partial charge is 0.478 e. The van der Waals surface area contributed by atoms with Crippen molar-refractivity contribution in [2.45, 2.75) is 25.3 Å². The number of hydrogen-bond donors (Lipinski definition) is 2. The van der Waals surface area contributed by atoms with Gasteiger partial charge < -0.3 is 15.2 Å². The van der Waals surface area contributed by atoms with Gasteiger partial charge in [-0.05, 0) is 24.5 Å². The summed E-state index contributed by atoms with van der Waals surface area (Å²) >= 11 is 0. The summed E-state index contributed by atoms with van der Waals surface area (Å²) in [6.07, 6.45) is 1.72. The van der Waals surface area contributed by atoms with E-state index in [0.717, 1.165) is 12.8 Å². The number of aromatic carboxylic acids is 1. The van der Waals surface area contributed by atoms with E-state index >= 15 is 0 Å². The lowest BCUT2D eigenvalue weighted by Crippen LogP contribution is -2.39. The number of rotatable bonds is 4. The van der Waals surface area contributed by atoms with Gasteiger partial charge in [0.15, 0.2) is 0 Å². The minimum absolute atomic E-state index is 0.0971. The van der Waals surface area contributed by atoms with Crippen LogP contribution in [0.2, 0.25) is 0 Å². The molecule has 1 aromatic rings. The normalized spacial score (nSPS) is 16.0. The number of ether oxygens (including phenoxy) is 1. The Labute approximate surface area is 111 Å². The Kier molecular flexibility index (Phi) is 4.52. The van der Waals surface area contributed by atoms with Crippen LogP contribution in [0.1, 0.15) is 28.8 Å². The van der Waals surface area contributed by atoms with Crippen molar-refractivity contribution in [1.29, 1.82) is 0 Å². The summed E-state index contributed by atoms with van der Waals surface area (Å²) < 4.78 is 5.22. The van der Waals surface area contributed by atoms with Crippen LogP contribution < -0.4 is 5.32 Å². The van der Waals surface area contributed by atoms with E-state index in [1.165, 1.54) is 6.07 Å². The zero-order valence-corrected chi connectivity index (χ0v) is 10.6. The van der Waals surface area contributed by atoms with E-state index in [-0.39, 0.29) is 23.9 Å². The number of carbonyl (C=O) groups is 2. The highest BCUT2D eigenvalue weighted by Crippen LogP contribution is 2.11. The van der Waals surface area contributed by atoms with Crippen molar-refractivity contribution in [2.24, 2.45) is 0 Å². The molecule has 1 aliphatic rings. The third-order valence-electron chi connectivity index (χ3n) is 3.19. The minimum Gasteiger partial charge on any atom is -0.478 e. The Balaban J connectivity index is 1.96. The number of amides is 1. The molecule has 2 rings (SSSR count). The monoisotopic (exact) mass is 263 g/mol. The molecule has 5 nitrogen and oxygen atoms in total. The number of carbonyl (C=O) groups excluding carboxylic acids is 1. The van der Waals surface area contributed by atoms with Gasteiger partial charge in [-0.3, -0.25) is 4.79 Å². The highest BCUT2D eigenvalue weighted by molar-refractivity contribution is 5.91. The smallest absolute Gasteiger partial charge is 0.335 e. The Hall–Kier alpha value is -1.88. The van der Waals surface area contributed by atoms with Gasteiger partial charge in [-0.25, -0.2) is 4.79 Å². The molecule has 0 aromatic heterocycles. The standard InChI is InChI=1S/C14H17NO4/c16-13(15-11-5-7-19-8-6-11)9-10-3-1-2-4-12(10)14(17)18/h1-4,11H,5-9H2,(H,15,16)(H,17,18). The number of carboxylic acid groups (broad SMARTS) is 1. The molecule has 0 atom stereocenters. The van der Waals surface area contributed by atoms with Crippen LogP contribution in [-0.4, -0.2) is 36.2 Å². The van der Waals surface area contributed by atoms with E-state index in [1.807, 2.05) is 0 Å². The lowest BCUT2D eigenvalue weighted by atomic mass is 10.0. The fourth-order valence-corrected chi connectivity index (χ4v) is 2.18. The first kappa shape index (κ1) is 13.5. The maximum absolute atomic E-state index is 11.9. The average molecular weight is 263 g/mol. The van der Waals surface area contributed by atoms with E-state index in [0.29, 0.717) is 18.8 Å². The quantitative estimate of drug-likeness (QED) is 0.856. The van der Waals surface area contributed by atoms with Gasteiger partial charge in [0.1, 0.15) is 0 Å². The molecule has 0 aliphatic carbocycles. The van der Waals surface area contributed by atoms with E-state index < -0.39 is 5.97 Å². The van der Waals surface area contributed by atoms with Crippen LogP contribution in [0.4, 0.5) is 0 Å². The van der Waals surface area contributed by atoms with E-state index in [2.05, 4.69) is 5.32 Å². The molecule has 1 aliphatic heterocycles. The van der Waals surface area contributed by atoms with Crippen LogP contribution in [0, 0.1) is 0 Å². The maximum atomic E-state index is 11.9. The summed E-state index contributed by atoms with van der Waals surface area (Å²) in [5.41, 5.74) is 0.726. The number of hydrogen-bond acceptors (Lipinski definition) is 3. The molecule has 0 saturated carbocycles. The Morgan fingerprint density at radius 3 is 2.63 bits per heavy atom. The van der Waals surface area contributed by atoms with Gasteiger partial charge in [0, 0.05) is 19.3 Å². The second-order valence-corrected chi connectivity index (χ2v) is 4.59. The van der Waals surface area contributed by atoms with Crippen LogP contribution in [-0.2, 0) is 16.0 Å². The molecule has 102 valence electrons. The molecule has 1 saturated heterocycles. The first-order valence-corrected chi connectivity index (χ1v) is 6.35. The molecule has 1 fully saturated rings. The lowest BCUT2D eigenvalue weighted by molar-refractivity contribution is -0.121. The van der Waals surface area contributed by atoms with Crippen LogP contribution in [0.5, 0.6) is 0 Å². The Morgan fingerprint density at radius 2 is 1.95 bits per heavy atom. The highest BCUT2D eigenvalue weighted by atomic mass is 16.5. The molecule has 1 heterocycles. The molecule has 5 heteroatoms. The van der Waals surface area contributed by atoms with Gasteiger partial charge in [-0.2, -0.15) is 0 Å². The predicted molar refractivity (Wildman–Crippen MR) is 69.1 cm³/mol. The Bertz CT molecular complexity index is 466. The minimum atomic E-state index is -1.01. The van der Waals surface area contributed by atoms with Gasteiger partial charge in [-0.15, -0.1) is 0 Å². The maximum Gasteiger partial charge on any atom is 0.335 e. The number of carboxylic acids is 1. The fraction of sp³-hybridized carbons (Fsp3) is 0.429. The SMILES string of the molecule is O=C(Cc1ccccc1C(=O)O)NC1CCOCC1. The summed E-state index contributed by atoms with van der Waals surface area (Å²) in [6.45, 7) is 1.33. The second-order valence-electron chi connectivity index (χ2n) is 4.59. The summed E-state index contributed by atoms with van der Waals surface area (Å²) in [5, 5.41) is 12.0. The van der Waals surface area contributed by atoms with Crippen molar-refractivity contribution in [1.82, 2.24) is 5.32 Å². The molecule has 0 radical (unpaired) electrons. The number of nitrogens with one attached hydrogen (secondary N) is 1. The fourth-order valence-electron chi connectivity index (χ4n) is 2.18. The van der Waals surface area contributed by atoms with Crippen molar-refractivity contribution in [3.8, 4) is 0 Å². The van der Waals surface area contributed by atoms with Crippen LogP contribution in [0.15, 0.2) is 24.3 Å². The van der Waals surface area contributed by atoms with Crippen LogP contribution in [0.3, 0.4) is 0 Å². The predicted octanol–water partition coefficient (Wildman–Crippen LogP) is 1.22. The first-order chi connectivity index (χ1) is 9.16. The van der Waals surface area contributed by atoms with Crippen LogP contribution >= 0.6 is 0 Å². The highest BCUT2D eigenvalue weighted by Gasteiger charge is 2.18. The third kappa shape index (κ3) is 3.79. The first-order valence-electron chi connectivity index (χ1n) is 6.35. The summed E-state index contributed by atoms with van der Waals surface area (Å²) in [6, 6.07) is 6.72. The van der Waals surface area contributed by atoms with E-state index in [9.17, 15) is 9.59 Å². The molecule has 0 spiro atoms. The molecule has 2 N–H and O–H groups in total. The van der Waals surface area contributed by atoms with Gasteiger partial charge in [0.05, 0.1) is 12.0 Å². The Morgan fingerprint density at radius 1 is 1.26 bits per heavy atom. The molecule has 1 amide bonds. The van der Waals surface area contributed by atoms with E-state index in [1.54, 1.807) is 18.2 Å². The summed E-state index contributed by atoms with van der Waals surface area (Å²) in [4.78, 5) is 23.0. The zero-order valence-electron chi connectivity index (χ0n) is 10.6. The molecule has 0 unspecified atom stereocenters. The average Bonchev–Trinajstić information content (AvgIpc) is 2.40. The molecule has 19 heavy (non-hydrogen) atoms. The zero-order chi connectivity index (χ0) is 13.7. The molecule has 1 aromatic carbocycles. The van der Waals surface area contributed by atoms with Crippen molar-refractivity contribution in [2.75, 3.05) is 13.2 Å². The number of benzene rings is 1. The van der Waals surface area contributed by atoms with Gasteiger partial charge in [0.2, 0.25) is 5.91 Å². The molecular weight excluding hydrogens is 246 g/mol.